The Morgan fingerprint density at radius 3 is 2.91 bits per heavy atom. The monoisotopic (exact) mass is 454 g/mol. The van der Waals surface area contributed by atoms with Crippen molar-refractivity contribution >= 4 is 17.4 Å². The molecule has 1 unspecified atom stereocenters. The van der Waals surface area contributed by atoms with Gasteiger partial charge in [-0.15, -0.1) is 0 Å². The van der Waals surface area contributed by atoms with E-state index < -0.39 is 11.9 Å². The molecule has 2 aliphatic heterocycles. The van der Waals surface area contributed by atoms with Crippen LogP contribution in [0.5, 0.6) is 0 Å². The summed E-state index contributed by atoms with van der Waals surface area (Å²) in [5.41, 5.74) is 2.11. The van der Waals surface area contributed by atoms with E-state index in [9.17, 15) is 9.18 Å². The van der Waals surface area contributed by atoms with Crippen LogP contribution in [-0.4, -0.2) is 67.8 Å². The van der Waals surface area contributed by atoms with Gasteiger partial charge in [-0.3, -0.25) is 9.20 Å². The van der Waals surface area contributed by atoms with Gasteiger partial charge in [-0.2, -0.15) is 0 Å². The molecule has 0 radical (unpaired) electrons. The number of nitrogens with zero attached hydrogens (tertiary/aromatic N) is 5. The van der Waals surface area contributed by atoms with E-state index in [4.69, 9.17) is 14.5 Å². The molecule has 33 heavy (non-hydrogen) atoms. The number of rotatable bonds is 4. The lowest BCUT2D eigenvalue weighted by atomic mass is 10.0. The Morgan fingerprint density at radius 2 is 2.12 bits per heavy atom. The molecule has 2 aliphatic rings. The first kappa shape index (κ1) is 21.7. The number of carbonyl (C=O) groups excluding carboxylic acids is 1. The summed E-state index contributed by atoms with van der Waals surface area (Å²) in [6, 6.07) is 3.02. The fourth-order valence-corrected chi connectivity index (χ4v) is 4.33. The average Bonchev–Trinajstić information content (AvgIpc) is 3.37. The third kappa shape index (κ3) is 4.40. The fourth-order valence-electron chi connectivity index (χ4n) is 4.33. The highest BCUT2D eigenvalue weighted by Gasteiger charge is 2.39. The number of likely N-dealkylation sites (tertiary alicyclic amines) is 1. The maximum atomic E-state index is 13.8. The second-order valence-electron chi connectivity index (χ2n) is 9.03. The molecule has 3 aromatic rings. The molecule has 0 saturated carbocycles. The summed E-state index contributed by atoms with van der Waals surface area (Å²) in [6.07, 6.45) is 5.97. The third-order valence-electron chi connectivity index (χ3n) is 6.03. The lowest BCUT2D eigenvalue weighted by Crippen LogP contribution is -2.49. The maximum Gasteiger partial charge on any atom is 0.254 e. The van der Waals surface area contributed by atoms with E-state index in [-0.39, 0.29) is 24.4 Å². The maximum absolute atomic E-state index is 13.8. The van der Waals surface area contributed by atoms with Crippen LogP contribution in [0.25, 0.3) is 17.2 Å². The summed E-state index contributed by atoms with van der Waals surface area (Å²) in [5, 5.41) is 3.48. The van der Waals surface area contributed by atoms with Crippen molar-refractivity contribution in [3.05, 3.63) is 42.1 Å². The van der Waals surface area contributed by atoms with Crippen LogP contribution in [0.15, 0.2) is 30.7 Å². The average molecular weight is 455 g/mol. The Balaban J connectivity index is 1.33. The lowest BCUT2D eigenvalue weighted by Gasteiger charge is -2.34. The standard InChI is InChI=1S/C23H27FN6O3/c1-14-9-26-21(17-10-25-19-7-6-15(24)11-30(17)19)28-20(14)27-16-5-4-8-29(12-16)22(31)18-13-32-23(2,3)33-18/h6-7,9-11,16,18H,4-5,8,12-13H2,1-3H3,(H,26,27,28)/t16?,18-/m1/s1. The number of hydrogen-bond acceptors (Lipinski definition) is 7. The Morgan fingerprint density at radius 1 is 1.27 bits per heavy atom. The van der Waals surface area contributed by atoms with Crippen molar-refractivity contribution in [1.82, 2.24) is 24.3 Å². The van der Waals surface area contributed by atoms with Gasteiger partial charge < -0.3 is 19.7 Å². The van der Waals surface area contributed by atoms with Gasteiger partial charge in [-0.1, -0.05) is 0 Å². The predicted molar refractivity (Wildman–Crippen MR) is 119 cm³/mol. The molecule has 3 aromatic heterocycles. The van der Waals surface area contributed by atoms with Crippen LogP contribution < -0.4 is 5.32 Å². The molecule has 2 saturated heterocycles. The molecule has 0 spiro atoms. The minimum Gasteiger partial charge on any atom is -0.365 e. The number of nitrogens with one attached hydrogen (secondary N) is 1. The molecule has 10 heteroatoms. The molecular formula is C23H27FN6O3. The number of ether oxygens (including phenoxy) is 2. The normalized spacial score (nSPS) is 22.6. The highest BCUT2D eigenvalue weighted by Crippen LogP contribution is 2.26. The van der Waals surface area contributed by atoms with E-state index in [0.717, 1.165) is 18.4 Å². The molecule has 0 aromatic carbocycles. The van der Waals surface area contributed by atoms with Crippen molar-refractivity contribution in [2.24, 2.45) is 0 Å². The summed E-state index contributed by atoms with van der Waals surface area (Å²) in [4.78, 5) is 28.2. The molecule has 174 valence electrons. The number of imidazole rings is 1. The number of pyridine rings is 1. The zero-order valence-corrected chi connectivity index (χ0v) is 18.9. The van der Waals surface area contributed by atoms with Crippen molar-refractivity contribution in [3.8, 4) is 11.5 Å². The van der Waals surface area contributed by atoms with Crippen LogP contribution >= 0.6 is 0 Å². The van der Waals surface area contributed by atoms with E-state index in [0.29, 0.717) is 36.1 Å². The number of aryl methyl sites for hydroxylation is 1. The van der Waals surface area contributed by atoms with Crippen LogP contribution in [0.4, 0.5) is 10.2 Å². The largest absolute Gasteiger partial charge is 0.365 e. The summed E-state index contributed by atoms with van der Waals surface area (Å²) in [5.74, 6) is -0.00162. The van der Waals surface area contributed by atoms with Crippen LogP contribution in [0.2, 0.25) is 0 Å². The van der Waals surface area contributed by atoms with Gasteiger partial charge in [-0.25, -0.2) is 19.3 Å². The third-order valence-corrected chi connectivity index (χ3v) is 6.03. The number of hydrogen-bond donors (Lipinski definition) is 1. The van der Waals surface area contributed by atoms with Crippen LogP contribution in [-0.2, 0) is 14.3 Å². The zero-order chi connectivity index (χ0) is 23.2. The Bertz CT molecular complexity index is 1200. The Kier molecular flexibility index (Phi) is 5.49. The van der Waals surface area contributed by atoms with Crippen molar-refractivity contribution in [1.29, 1.82) is 0 Å². The summed E-state index contributed by atoms with van der Waals surface area (Å²) in [6.45, 7) is 7.08. The Hall–Kier alpha value is -3.11. The van der Waals surface area contributed by atoms with Crippen molar-refractivity contribution in [2.75, 3.05) is 25.0 Å². The fraction of sp³-hybridized carbons (Fsp3) is 0.478. The van der Waals surface area contributed by atoms with E-state index in [1.54, 1.807) is 22.9 Å². The predicted octanol–water partition coefficient (Wildman–Crippen LogP) is 2.79. The number of amides is 1. The van der Waals surface area contributed by atoms with E-state index in [1.165, 1.54) is 12.3 Å². The molecule has 1 N–H and O–H groups in total. The Labute approximate surface area is 190 Å². The summed E-state index contributed by atoms with van der Waals surface area (Å²) >= 11 is 0. The van der Waals surface area contributed by atoms with Crippen molar-refractivity contribution in [2.45, 2.75) is 51.5 Å². The first-order valence-corrected chi connectivity index (χ1v) is 11.1. The zero-order valence-electron chi connectivity index (χ0n) is 18.9. The molecule has 2 atom stereocenters. The topological polar surface area (TPSA) is 93.9 Å². The van der Waals surface area contributed by atoms with Gasteiger partial charge in [0.05, 0.1) is 12.8 Å². The van der Waals surface area contributed by atoms with Crippen molar-refractivity contribution < 1.29 is 18.7 Å². The molecule has 1 amide bonds. The summed E-state index contributed by atoms with van der Waals surface area (Å²) in [7, 11) is 0. The SMILES string of the molecule is Cc1cnc(-c2cnc3ccc(F)cn23)nc1NC1CCCN(C(=O)[C@H]2COC(C)(C)O2)C1. The first-order valence-electron chi connectivity index (χ1n) is 11.1. The number of fused-ring (bicyclic) bond motifs is 1. The minimum absolute atomic E-state index is 0.0408. The number of halogens is 1. The van der Waals surface area contributed by atoms with Gasteiger partial charge in [-0.05, 0) is 45.7 Å². The van der Waals surface area contributed by atoms with Crippen LogP contribution in [0.1, 0.15) is 32.3 Å². The van der Waals surface area contributed by atoms with Crippen molar-refractivity contribution in [3.63, 3.8) is 0 Å². The smallest absolute Gasteiger partial charge is 0.254 e. The highest BCUT2D eigenvalue weighted by molar-refractivity contribution is 5.81. The molecule has 2 fully saturated rings. The van der Waals surface area contributed by atoms with Gasteiger partial charge in [0.1, 0.15) is 23.0 Å². The van der Waals surface area contributed by atoms with Gasteiger partial charge in [0.2, 0.25) is 0 Å². The lowest BCUT2D eigenvalue weighted by molar-refractivity contribution is -0.160. The highest BCUT2D eigenvalue weighted by atomic mass is 19.1. The second kappa shape index (κ2) is 8.35. The molecule has 0 bridgehead atoms. The quantitative estimate of drug-likeness (QED) is 0.648. The molecule has 5 rings (SSSR count). The van der Waals surface area contributed by atoms with E-state index in [2.05, 4.69) is 15.3 Å². The number of aromatic nitrogens is 4. The van der Waals surface area contributed by atoms with Gasteiger partial charge in [0.15, 0.2) is 17.7 Å². The van der Waals surface area contributed by atoms with E-state index in [1.807, 2.05) is 25.7 Å². The molecule has 9 nitrogen and oxygen atoms in total. The van der Waals surface area contributed by atoms with E-state index >= 15 is 0 Å². The second-order valence-corrected chi connectivity index (χ2v) is 9.03. The number of carbonyl (C=O) groups is 1. The number of piperidine rings is 1. The molecule has 5 heterocycles. The minimum atomic E-state index is -0.733. The first-order chi connectivity index (χ1) is 15.8. The van der Waals surface area contributed by atoms with Gasteiger partial charge in [0, 0.05) is 37.1 Å². The van der Waals surface area contributed by atoms with Crippen LogP contribution in [0.3, 0.4) is 0 Å². The van der Waals surface area contributed by atoms with Crippen LogP contribution in [0, 0.1) is 12.7 Å². The number of anilines is 1. The molecule has 0 aliphatic carbocycles. The van der Waals surface area contributed by atoms with Gasteiger partial charge in [0.25, 0.3) is 5.91 Å². The summed E-state index contributed by atoms with van der Waals surface area (Å²) < 4.78 is 26.7. The van der Waals surface area contributed by atoms with Gasteiger partial charge >= 0.3 is 0 Å². The molecular weight excluding hydrogens is 427 g/mol.